The van der Waals surface area contributed by atoms with E-state index in [0.29, 0.717) is 21.5 Å². The highest BCUT2D eigenvalue weighted by Crippen LogP contribution is 2.44. The molecule has 4 rings (SSSR count). The standard InChI is InChI=1S/C15H8Br2F3N3OS2/c1-4-2-7(15(18,19)20)21-14-8(4)9-10(26-14)13(24)23-12(22-9)6-3-5(16)11(17)25-6/h2-3,12,22H,1H3,(H,23,24)/t12-/m1/s1. The summed E-state index contributed by atoms with van der Waals surface area (Å²) >= 11 is 9.23. The van der Waals surface area contributed by atoms with E-state index in [0.717, 1.165) is 30.5 Å². The number of nitrogens with zero attached hydrogens (tertiary/aromatic N) is 1. The van der Waals surface area contributed by atoms with Crippen molar-refractivity contribution in [1.29, 1.82) is 0 Å². The molecule has 11 heteroatoms. The quantitative estimate of drug-likeness (QED) is 0.405. The molecular formula is C15H8Br2F3N3OS2. The molecule has 2 N–H and O–H groups in total. The molecule has 3 aromatic rings. The van der Waals surface area contributed by atoms with E-state index < -0.39 is 18.0 Å². The Hall–Kier alpha value is -1.17. The van der Waals surface area contributed by atoms with E-state index >= 15 is 0 Å². The largest absolute Gasteiger partial charge is 0.433 e. The zero-order chi connectivity index (χ0) is 18.8. The average molecular weight is 527 g/mol. The number of fused-ring (bicyclic) bond motifs is 3. The summed E-state index contributed by atoms with van der Waals surface area (Å²) in [5, 5.41) is 6.61. The molecule has 0 saturated heterocycles. The van der Waals surface area contributed by atoms with Crippen LogP contribution in [0.1, 0.15) is 32.0 Å². The molecule has 0 saturated carbocycles. The molecule has 136 valence electrons. The smallest absolute Gasteiger partial charge is 0.359 e. The molecule has 0 bridgehead atoms. The Morgan fingerprint density at radius 3 is 2.54 bits per heavy atom. The van der Waals surface area contributed by atoms with E-state index in [-0.39, 0.29) is 10.7 Å². The minimum absolute atomic E-state index is 0.194. The number of rotatable bonds is 1. The van der Waals surface area contributed by atoms with Gasteiger partial charge in [0, 0.05) is 14.7 Å². The number of halogens is 5. The van der Waals surface area contributed by atoms with Crippen LogP contribution in [0.15, 0.2) is 20.4 Å². The van der Waals surface area contributed by atoms with Gasteiger partial charge in [-0.25, -0.2) is 4.98 Å². The summed E-state index contributed by atoms with van der Waals surface area (Å²) in [6.45, 7) is 1.59. The van der Waals surface area contributed by atoms with Crippen molar-refractivity contribution in [3.8, 4) is 0 Å². The number of alkyl halides is 3. The normalized spacial score (nSPS) is 17.2. The van der Waals surface area contributed by atoms with Gasteiger partial charge in [0.2, 0.25) is 0 Å². The van der Waals surface area contributed by atoms with Crippen molar-refractivity contribution in [1.82, 2.24) is 10.3 Å². The van der Waals surface area contributed by atoms with Gasteiger partial charge in [0.15, 0.2) is 0 Å². The van der Waals surface area contributed by atoms with E-state index in [1.54, 1.807) is 6.92 Å². The summed E-state index contributed by atoms with van der Waals surface area (Å²) < 4.78 is 40.8. The first kappa shape index (κ1) is 18.2. The summed E-state index contributed by atoms with van der Waals surface area (Å²) in [4.78, 5) is 17.6. The molecule has 0 radical (unpaired) electrons. The lowest BCUT2D eigenvalue weighted by Gasteiger charge is -2.25. The molecule has 1 atom stereocenters. The Kier molecular flexibility index (Phi) is 4.33. The van der Waals surface area contributed by atoms with Crippen LogP contribution in [0.3, 0.4) is 0 Å². The van der Waals surface area contributed by atoms with Crippen LogP contribution in [-0.2, 0) is 6.18 Å². The van der Waals surface area contributed by atoms with Crippen molar-refractivity contribution in [2.24, 2.45) is 0 Å². The second-order valence-corrected chi connectivity index (χ2v) is 9.88. The fourth-order valence-corrected chi connectivity index (χ4v) is 5.96. The number of aryl methyl sites for hydroxylation is 1. The zero-order valence-electron chi connectivity index (χ0n) is 12.8. The number of hydrogen-bond donors (Lipinski definition) is 2. The van der Waals surface area contributed by atoms with Gasteiger partial charge in [0.1, 0.15) is 21.6 Å². The molecule has 1 aliphatic heterocycles. The number of anilines is 1. The third kappa shape index (κ3) is 2.94. The van der Waals surface area contributed by atoms with Gasteiger partial charge in [-0.05, 0) is 56.5 Å². The molecule has 0 aromatic carbocycles. The molecular weight excluding hydrogens is 519 g/mol. The minimum Gasteiger partial charge on any atom is -0.359 e. The fraction of sp³-hybridized carbons (Fsp3) is 0.200. The topological polar surface area (TPSA) is 54.0 Å². The second-order valence-electron chi connectivity index (χ2n) is 5.63. The van der Waals surface area contributed by atoms with Gasteiger partial charge in [0.05, 0.1) is 9.47 Å². The van der Waals surface area contributed by atoms with Crippen molar-refractivity contribution in [2.75, 3.05) is 5.32 Å². The first-order valence-electron chi connectivity index (χ1n) is 7.18. The molecule has 1 amide bonds. The summed E-state index contributed by atoms with van der Waals surface area (Å²) in [5.41, 5.74) is -0.00314. The van der Waals surface area contributed by atoms with Crippen molar-refractivity contribution >= 4 is 76.3 Å². The van der Waals surface area contributed by atoms with E-state index in [9.17, 15) is 18.0 Å². The molecule has 4 nitrogen and oxygen atoms in total. The Labute approximate surface area is 170 Å². The predicted molar refractivity (Wildman–Crippen MR) is 103 cm³/mol. The number of amides is 1. The summed E-state index contributed by atoms with van der Waals surface area (Å²) in [5.74, 6) is -0.333. The summed E-state index contributed by atoms with van der Waals surface area (Å²) in [7, 11) is 0. The van der Waals surface area contributed by atoms with Crippen LogP contribution in [0, 0.1) is 6.92 Å². The highest BCUT2D eigenvalue weighted by atomic mass is 79.9. The Morgan fingerprint density at radius 2 is 1.92 bits per heavy atom. The Balaban J connectivity index is 1.84. The van der Waals surface area contributed by atoms with E-state index in [1.165, 1.54) is 11.3 Å². The fourth-order valence-electron chi connectivity index (χ4n) is 2.75. The van der Waals surface area contributed by atoms with Gasteiger partial charge in [-0.15, -0.1) is 22.7 Å². The number of pyridine rings is 1. The first-order valence-corrected chi connectivity index (χ1v) is 10.4. The van der Waals surface area contributed by atoms with Crippen molar-refractivity contribution in [2.45, 2.75) is 19.3 Å². The van der Waals surface area contributed by atoms with Gasteiger partial charge < -0.3 is 10.6 Å². The maximum atomic E-state index is 13.0. The molecule has 1 aliphatic rings. The SMILES string of the molecule is Cc1cc(C(F)(F)F)nc2sc3c(c12)N[C@@H](c1cc(Br)c(Br)s1)NC3=O. The van der Waals surface area contributed by atoms with Crippen LogP contribution in [0.5, 0.6) is 0 Å². The van der Waals surface area contributed by atoms with Gasteiger partial charge >= 0.3 is 6.18 Å². The second kappa shape index (κ2) is 6.18. The lowest BCUT2D eigenvalue weighted by atomic mass is 10.1. The van der Waals surface area contributed by atoms with Gasteiger partial charge in [-0.3, -0.25) is 4.79 Å². The number of thiophene rings is 2. The maximum absolute atomic E-state index is 13.0. The lowest BCUT2D eigenvalue weighted by molar-refractivity contribution is -0.141. The van der Waals surface area contributed by atoms with Crippen molar-refractivity contribution in [3.05, 3.63) is 41.4 Å². The van der Waals surface area contributed by atoms with Crippen molar-refractivity contribution in [3.63, 3.8) is 0 Å². The highest BCUT2D eigenvalue weighted by molar-refractivity contribution is 9.13. The lowest BCUT2D eigenvalue weighted by Crippen LogP contribution is -2.37. The van der Waals surface area contributed by atoms with Crippen molar-refractivity contribution < 1.29 is 18.0 Å². The van der Waals surface area contributed by atoms with Crippen LogP contribution < -0.4 is 10.6 Å². The summed E-state index contributed by atoms with van der Waals surface area (Å²) in [6, 6.07) is 2.88. The average Bonchev–Trinajstić information content (AvgIpc) is 3.08. The zero-order valence-corrected chi connectivity index (χ0v) is 17.6. The van der Waals surface area contributed by atoms with E-state index in [1.807, 2.05) is 6.07 Å². The monoisotopic (exact) mass is 525 g/mol. The highest BCUT2D eigenvalue weighted by Gasteiger charge is 2.36. The summed E-state index contributed by atoms with van der Waals surface area (Å²) in [6.07, 6.45) is -5.00. The number of nitrogens with one attached hydrogen (secondary N) is 2. The van der Waals surface area contributed by atoms with E-state index in [4.69, 9.17) is 0 Å². The van der Waals surface area contributed by atoms with Gasteiger partial charge in [-0.1, -0.05) is 0 Å². The number of hydrogen-bond acceptors (Lipinski definition) is 5. The number of carbonyl (C=O) groups excluding carboxylic acids is 1. The molecule has 0 aliphatic carbocycles. The molecule has 26 heavy (non-hydrogen) atoms. The molecule has 4 heterocycles. The van der Waals surface area contributed by atoms with Gasteiger partial charge in [0.25, 0.3) is 5.91 Å². The molecule has 0 spiro atoms. The third-order valence-corrected chi connectivity index (χ3v) is 8.27. The number of carbonyl (C=O) groups is 1. The Morgan fingerprint density at radius 1 is 1.19 bits per heavy atom. The first-order chi connectivity index (χ1) is 12.1. The third-order valence-electron chi connectivity index (χ3n) is 3.87. The molecule has 0 fully saturated rings. The molecule has 0 unspecified atom stereocenters. The van der Waals surface area contributed by atoms with Crippen LogP contribution in [-0.4, -0.2) is 10.9 Å². The predicted octanol–water partition coefficient (Wildman–Crippen LogP) is 6.06. The maximum Gasteiger partial charge on any atom is 0.433 e. The van der Waals surface area contributed by atoms with Crippen LogP contribution >= 0.6 is 54.5 Å². The van der Waals surface area contributed by atoms with Gasteiger partial charge in [-0.2, -0.15) is 13.2 Å². The van der Waals surface area contributed by atoms with E-state index in [2.05, 4.69) is 47.5 Å². The van der Waals surface area contributed by atoms with Crippen LogP contribution in [0.25, 0.3) is 10.2 Å². The Bertz CT molecular complexity index is 1040. The minimum atomic E-state index is -4.53. The van der Waals surface area contributed by atoms with Crippen LogP contribution in [0.4, 0.5) is 18.9 Å². The molecule has 3 aromatic heterocycles. The van der Waals surface area contributed by atoms with Crippen LogP contribution in [0.2, 0.25) is 0 Å². The number of aromatic nitrogens is 1.